The van der Waals surface area contributed by atoms with E-state index in [9.17, 15) is 14.4 Å². The van der Waals surface area contributed by atoms with Crippen LogP contribution in [-0.2, 0) is 11.2 Å². The summed E-state index contributed by atoms with van der Waals surface area (Å²) in [5.74, 6) is 0.0509. The topological polar surface area (TPSA) is 84.6 Å². The molecule has 0 saturated heterocycles. The second-order valence-electron chi connectivity index (χ2n) is 9.55. The highest BCUT2D eigenvalue weighted by atomic mass is 35.5. The van der Waals surface area contributed by atoms with Gasteiger partial charge in [0.1, 0.15) is 11.3 Å². The molecule has 6 heteroatoms. The average Bonchev–Trinajstić information content (AvgIpc) is 2.91. The maximum Gasteiger partial charge on any atom is 0.344 e. The van der Waals surface area contributed by atoms with Gasteiger partial charge in [-0.1, -0.05) is 77.9 Å². The van der Waals surface area contributed by atoms with Gasteiger partial charge in [-0.25, -0.2) is 4.79 Å². The second-order valence-corrected chi connectivity index (χ2v) is 9.97. The summed E-state index contributed by atoms with van der Waals surface area (Å²) in [5.41, 5.74) is 7.55. The molecule has 0 aliphatic carbocycles. The van der Waals surface area contributed by atoms with E-state index in [0.717, 1.165) is 27.6 Å². The van der Waals surface area contributed by atoms with Crippen LogP contribution in [0.1, 0.15) is 38.2 Å². The zero-order chi connectivity index (χ0) is 29.2. The van der Waals surface area contributed by atoms with Crippen molar-refractivity contribution < 1.29 is 19.1 Å². The van der Waals surface area contributed by atoms with Crippen LogP contribution < -0.4 is 5.63 Å². The molecule has 1 N–H and O–H groups in total. The number of aldehydes is 1. The first-order chi connectivity index (χ1) is 19.0. The fourth-order valence-electron chi connectivity index (χ4n) is 3.77. The van der Waals surface area contributed by atoms with Crippen LogP contribution in [-0.4, -0.2) is 16.6 Å². The van der Waals surface area contributed by atoms with Crippen LogP contribution in [0, 0.1) is 27.7 Å². The smallest absolute Gasteiger partial charge is 0.344 e. The van der Waals surface area contributed by atoms with Crippen molar-refractivity contribution in [1.82, 2.24) is 0 Å². The molecular formula is C34H31ClO5. The van der Waals surface area contributed by atoms with Gasteiger partial charge in [0.2, 0.25) is 5.24 Å². The molecule has 5 aromatic rings. The van der Waals surface area contributed by atoms with Gasteiger partial charge in [0.05, 0.1) is 11.1 Å². The lowest BCUT2D eigenvalue weighted by atomic mass is 10.0. The Morgan fingerprint density at radius 3 is 1.90 bits per heavy atom. The van der Waals surface area contributed by atoms with Crippen molar-refractivity contribution in [3.8, 4) is 16.9 Å². The molecule has 0 fully saturated rings. The van der Waals surface area contributed by atoms with Crippen LogP contribution in [0.2, 0.25) is 0 Å². The Balaban J connectivity index is 0.000000180. The number of benzene rings is 4. The zero-order valence-corrected chi connectivity index (χ0v) is 23.7. The molecule has 0 saturated carbocycles. The van der Waals surface area contributed by atoms with Gasteiger partial charge in [-0.2, -0.15) is 0 Å². The number of phenols is 1. The van der Waals surface area contributed by atoms with Crippen LogP contribution in [0.3, 0.4) is 0 Å². The lowest BCUT2D eigenvalue weighted by Crippen LogP contribution is -2.02. The third kappa shape index (κ3) is 8.79. The van der Waals surface area contributed by atoms with Crippen molar-refractivity contribution in [2.24, 2.45) is 0 Å². The molecule has 5 rings (SSSR count). The van der Waals surface area contributed by atoms with E-state index >= 15 is 0 Å². The Morgan fingerprint density at radius 1 is 0.775 bits per heavy atom. The molecule has 4 aromatic carbocycles. The zero-order valence-electron chi connectivity index (χ0n) is 22.9. The Labute approximate surface area is 238 Å². The summed E-state index contributed by atoms with van der Waals surface area (Å²) in [6.07, 6.45) is 0.955. The minimum Gasteiger partial charge on any atom is -0.507 e. The normalized spacial score (nSPS) is 10.1. The van der Waals surface area contributed by atoms with Gasteiger partial charge in [0.25, 0.3) is 0 Å². The van der Waals surface area contributed by atoms with E-state index in [1.54, 1.807) is 18.2 Å². The van der Waals surface area contributed by atoms with E-state index < -0.39 is 0 Å². The summed E-state index contributed by atoms with van der Waals surface area (Å²) in [6.45, 7) is 7.86. The lowest BCUT2D eigenvalue weighted by molar-refractivity contribution is -0.111. The molecule has 0 aliphatic rings. The molecule has 0 radical (unpaired) electrons. The molecule has 0 spiro atoms. The molecule has 0 aliphatic heterocycles. The Kier molecular flexibility index (Phi) is 10.6. The minimum absolute atomic E-state index is 0.0509. The molecule has 0 amide bonds. The monoisotopic (exact) mass is 554 g/mol. The van der Waals surface area contributed by atoms with Crippen LogP contribution in [0.25, 0.3) is 22.1 Å². The molecular weight excluding hydrogens is 524 g/mol. The summed E-state index contributed by atoms with van der Waals surface area (Å²) < 4.78 is 5.40. The highest BCUT2D eigenvalue weighted by Gasteiger charge is 2.07. The molecule has 5 nitrogen and oxygen atoms in total. The Bertz CT molecular complexity index is 1670. The first-order valence-electron chi connectivity index (χ1n) is 12.7. The van der Waals surface area contributed by atoms with Crippen LogP contribution in [0.5, 0.6) is 5.75 Å². The van der Waals surface area contributed by atoms with E-state index in [4.69, 9.17) is 21.1 Å². The molecule has 40 heavy (non-hydrogen) atoms. The van der Waals surface area contributed by atoms with Gasteiger partial charge in [0, 0.05) is 11.8 Å². The van der Waals surface area contributed by atoms with E-state index in [-0.39, 0.29) is 16.6 Å². The first kappa shape index (κ1) is 30.1. The van der Waals surface area contributed by atoms with E-state index in [1.165, 1.54) is 11.1 Å². The second kappa shape index (κ2) is 14.1. The summed E-state index contributed by atoms with van der Waals surface area (Å²) in [6, 6.07) is 28.3. The van der Waals surface area contributed by atoms with E-state index in [2.05, 4.69) is 0 Å². The van der Waals surface area contributed by atoms with Gasteiger partial charge in [-0.05, 0) is 85.8 Å². The number of halogens is 1. The molecule has 0 bridgehead atoms. The van der Waals surface area contributed by atoms with Gasteiger partial charge in [-0.15, -0.1) is 0 Å². The van der Waals surface area contributed by atoms with Crippen molar-refractivity contribution in [2.45, 2.75) is 34.1 Å². The number of phenolic OH excluding ortho intramolecular Hbond substituents is 1. The van der Waals surface area contributed by atoms with Crippen molar-refractivity contribution in [2.75, 3.05) is 0 Å². The van der Waals surface area contributed by atoms with Crippen LogP contribution >= 0.6 is 11.6 Å². The molecule has 204 valence electrons. The van der Waals surface area contributed by atoms with E-state index in [1.807, 2.05) is 100 Å². The van der Waals surface area contributed by atoms with Crippen molar-refractivity contribution >= 4 is 34.1 Å². The number of fused-ring (bicyclic) bond motifs is 1. The molecule has 0 unspecified atom stereocenters. The summed E-state index contributed by atoms with van der Waals surface area (Å²) >= 11 is 5.21. The predicted octanol–water partition coefficient (Wildman–Crippen LogP) is 7.89. The highest BCUT2D eigenvalue weighted by Crippen LogP contribution is 2.22. The third-order valence-corrected chi connectivity index (χ3v) is 6.16. The number of aromatic hydroxyl groups is 1. The van der Waals surface area contributed by atoms with Crippen LogP contribution in [0.15, 0.2) is 100 Å². The maximum absolute atomic E-state index is 12.1. The van der Waals surface area contributed by atoms with Gasteiger partial charge in [0.15, 0.2) is 6.29 Å². The summed E-state index contributed by atoms with van der Waals surface area (Å²) in [7, 11) is 0. The number of hydrogen-bond donors (Lipinski definition) is 1. The quantitative estimate of drug-likeness (QED) is 0.139. The Morgan fingerprint density at radius 2 is 1.32 bits per heavy atom. The Hall–Kier alpha value is -4.48. The summed E-state index contributed by atoms with van der Waals surface area (Å²) in [4.78, 5) is 32.7. The lowest BCUT2D eigenvalue weighted by Gasteiger charge is -2.03. The van der Waals surface area contributed by atoms with Crippen molar-refractivity contribution in [3.63, 3.8) is 0 Å². The van der Waals surface area contributed by atoms with E-state index in [0.29, 0.717) is 29.4 Å². The molecule has 1 heterocycles. The highest BCUT2D eigenvalue weighted by molar-refractivity contribution is 6.63. The fraction of sp³-hybridized carbons (Fsp3) is 0.147. The van der Waals surface area contributed by atoms with Crippen molar-refractivity contribution in [3.05, 3.63) is 135 Å². The summed E-state index contributed by atoms with van der Waals surface area (Å²) in [5, 5.41) is 9.69. The maximum atomic E-state index is 12.1. The van der Waals surface area contributed by atoms with Crippen molar-refractivity contribution in [1.29, 1.82) is 0 Å². The number of carbonyl (C=O) groups is 2. The van der Waals surface area contributed by atoms with Gasteiger partial charge in [-0.3, -0.25) is 9.59 Å². The average molecular weight is 555 g/mol. The number of carbonyl (C=O) groups excluding carboxylic acids is 2. The van der Waals surface area contributed by atoms with Gasteiger partial charge < -0.3 is 9.52 Å². The molecule has 0 atom stereocenters. The fourth-order valence-corrected chi connectivity index (χ4v) is 3.93. The number of aryl methyl sites for hydroxylation is 4. The van der Waals surface area contributed by atoms with Crippen LogP contribution in [0.4, 0.5) is 0 Å². The number of rotatable bonds is 4. The largest absolute Gasteiger partial charge is 0.507 e. The van der Waals surface area contributed by atoms with Gasteiger partial charge >= 0.3 is 5.63 Å². The number of hydrogen-bond acceptors (Lipinski definition) is 5. The minimum atomic E-state index is -0.311. The SMILES string of the molecule is Cc1ccc(-c2cc3ccc(C)cc3oc2=O)cc1.Cc1ccc(C=O)c(O)c1.Cc1ccc(CC(=O)Cl)cc1. The first-order valence-corrected chi connectivity index (χ1v) is 13.0. The molecule has 1 aromatic heterocycles. The standard InChI is InChI=1S/C17H14O2.C9H9ClO.C8H8O2/c1-11-3-6-13(7-4-11)15-10-14-8-5-12(2)9-16(14)19-17(15)18;1-7-2-4-8(5-3-7)6-9(10)11;1-6-2-3-7(5-9)8(10)4-6/h3-10H,1-2H3;2-5H,6H2,1H3;2-5,10H,1H3. The predicted molar refractivity (Wildman–Crippen MR) is 161 cm³/mol. The third-order valence-electron chi connectivity index (χ3n) is 6.03.